The van der Waals surface area contributed by atoms with Gasteiger partial charge in [0.25, 0.3) is 0 Å². The van der Waals surface area contributed by atoms with Crippen LogP contribution in [0.1, 0.15) is 94.8 Å². The minimum absolute atomic E-state index is 0.199. The molecule has 0 amide bonds. The van der Waals surface area contributed by atoms with E-state index in [0.29, 0.717) is 31.8 Å². The summed E-state index contributed by atoms with van der Waals surface area (Å²) in [6, 6.07) is 12.4. The molecule has 8 heteroatoms. The number of aryl methyl sites for hydroxylation is 2. The van der Waals surface area contributed by atoms with Crippen molar-refractivity contribution < 1.29 is 23.4 Å². The van der Waals surface area contributed by atoms with E-state index in [9.17, 15) is 4.79 Å². The first kappa shape index (κ1) is 39.4. The molecule has 1 aliphatic heterocycles. The molecule has 0 spiro atoms. The van der Waals surface area contributed by atoms with E-state index in [1.165, 1.54) is 18.2 Å². The highest BCUT2D eigenvalue weighted by Crippen LogP contribution is 2.39. The van der Waals surface area contributed by atoms with Crippen molar-refractivity contribution in [3.05, 3.63) is 101 Å². The summed E-state index contributed by atoms with van der Waals surface area (Å²) in [5.74, 6) is 3.07. The van der Waals surface area contributed by atoms with Gasteiger partial charge >= 0.3 is 5.97 Å². The summed E-state index contributed by atoms with van der Waals surface area (Å²) in [6.45, 7) is 20.3. The SMILES string of the molecule is C/C=C(\C)c1nc(CCOc2ccc(CCC(=O)OC)c3c2CN(Sc2ccc(OCCCC)cc2)C3)c(C)o1.C=C/C=C\C.CC. The molecule has 2 aromatic carbocycles. The lowest BCUT2D eigenvalue weighted by Gasteiger charge is -2.14. The summed E-state index contributed by atoms with van der Waals surface area (Å²) in [5.41, 5.74) is 5.51. The van der Waals surface area contributed by atoms with Crippen molar-refractivity contribution in [1.29, 1.82) is 0 Å². The van der Waals surface area contributed by atoms with Crippen LogP contribution in [0.2, 0.25) is 0 Å². The Labute approximate surface area is 287 Å². The number of esters is 1. The number of methoxy groups -OCH3 is 1. The molecule has 0 saturated heterocycles. The number of carbonyl (C=O) groups is 1. The molecule has 256 valence electrons. The highest BCUT2D eigenvalue weighted by atomic mass is 32.2. The van der Waals surface area contributed by atoms with Crippen molar-refractivity contribution in [2.24, 2.45) is 0 Å². The smallest absolute Gasteiger partial charge is 0.305 e. The van der Waals surface area contributed by atoms with Crippen LogP contribution in [0.4, 0.5) is 0 Å². The molecule has 0 saturated carbocycles. The van der Waals surface area contributed by atoms with Crippen molar-refractivity contribution in [2.75, 3.05) is 20.3 Å². The first-order valence-electron chi connectivity index (χ1n) is 16.7. The number of aromatic nitrogens is 1. The van der Waals surface area contributed by atoms with Crippen LogP contribution in [0.3, 0.4) is 0 Å². The predicted octanol–water partition coefficient (Wildman–Crippen LogP) is 10.1. The van der Waals surface area contributed by atoms with Gasteiger partial charge < -0.3 is 18.6 Å². The van der Waals surface area contributed by atoms with E-state index in [1.807, 2.05) is 78.0 Å². The van der Waals surface area contributed by atoms with Crippen molar-refractivity contribution >= 4 is 23.5 Å². The molecule has 3 aromatic rings. The van der Waals surface area contributed by atoms with E-state index in [-0.39, 0.29) is 5.97 Å². The van der Waals surface area contributed by atoms with Gasteiger partial charge in [-0.25, -0.2) is 9.29 Å². The Bertz CT molecular complexity index is 1440. The molecule has 1 aliphatic rings. The number of benzene rings is 2. The Morgan fingerprint density at radius 3 is 2.38 bits per heavy atom. The molecule has 0 bridgehead atoms. The van der Waals surface area contributed by atoms with E-state index in [0.717, 1.165) is 71.5 Å². The lowest BCUT2D eigenvalue weighted by Crippen LogP contribution is -2.07. The van der Waals surface area contributed by atoms with E-state index in [1.54, 1.807) is 18.0 Å². The average molecular weight is 663 g/mol. The third-order valence-corrected chi connectivity index (χ3v) is 8.39. The number of rotatable bonds is 15. The molecule has 0 aliphatic carbocycles. The number of hydrogen-bond donors (Lipinski definition) is 0. The maximum absolute atomic E-state index is 11.8. The highest BCUT2D eigenvalue weighted by Gasteiger charge is 2.26. The van der Waals surface area contributed by atoms with Gasteiger partial charge in [0.2, 0.25) is 5.89 Å². The molecular weight excluding hydrogens is 609 g/mol. The molecule has 7 nitrogen and oxygen atoms in total. The first-order chi connectivity index (χ1) is 22.8. The second kappa shape index (κ2) is 21.9. The van der Waals surface area contributed by atoms with Gasteiger partial charge in [-0.3, -0.25) is 4.79 Å². The maximum atomic E-state index is 11.8. The fourth-order valence-corrected chi connectivity index (χ4v) is 5.64. The van der Waals surface area contributed by atoms with Gasteiger partial charge in [0.1, 0.15) is 17.3 Å². The largest absolute Gasteiger partial charge is 0.494 e. The molecule has 2 heterocycles. The van der Waals surface area contributed by atoms with Gasteiger partial charge in [0.05, 0.1) is 26.0 Å². The lowest BCUT2D eigenvalue weighted by atomic mass is 9.99. The van der Waals surface area contributed by atoms with E-state index >= 15 is 0 Å². The van der Waals surface area contributed by atoms with E-state index < -0.39 is 0 Å². The summed E-state index contributed by atoms with van der Waals surface area (Å²) in [4.78, 5) is 17.7. The third kappa shape index (κ3) is 12.8. The Hall–Kier alpha value is -3.75. The number of fused-ring (bicyclic) bond motifs is 1. The molecule has 0 fully saturated rings. The third-order valence-electron chi connectivity index (χ3n) is 7.39. The number of nitrogens with zero attached hydrogens (tertiary/aromatic N) is 2. The lowest BCUT2D eigenvalue weighted by molar-refractivity contribution is -0.140. The Kier molecular flexibility index (Phi) is 18.4. The van der Waals surface area contributed by atoms with Gasteiger partial charge in [-0.05, 0) is 93.9 Å². The highest BCUT2D eigenvalue weighted by molar-refractivity contribution is 7.97. The van der Waals surface area contributed by atoms with Crippen LogP contribution >= 0.6 is 11.9 Å². The zero-order valence-corrected chi connectivity index (χ0v) is 30.5. The molecule has 1 aromatic heterocycles. The molecule has 4 rings (SSSR count). The van der Waals surface area contributed by atoms with Crippen LogP contribution < -0.4 is 9.47 Å². The molecule has 0 unspecified atom stereocenters. The Balaban J connectivity index is 0.00000100. The summed E-state index contributed by atoms with van der Waals surface area (Å²) in [7, 11) is 1.43. The zero-order chi connectivity index (χ0) is 34.6. The number of hydrogen-bond acceptors (Lipinski definition) is 8. The molecule has 47 heavy (non-hydrogen) atoms. The minimum Gasteiger partial charge on any atom is -0.494 e. The molecule has 0 N–H and O–H groups in total. The summed E-state index contributed by atoms with van der Waals surface area (Å²) >= 11 is 1.72. The first-order valence-corrected chi connectivity index (χ1v) is 17.4. The standard InChI is InChI=1S/C32H40N2O5S.C5H8.C2H6/c1-6-8-18-37-25-11-13-26(14-12-25)40-34-20-27-24(10-16-31(35)36-5)9-15-30(28(27)21-34)38-19-17-29-23(4)39-32(33-29)22(3)7-2;1-3-5-4-2;1-2/h7,9,11-15H,6,8,10,16-21H2,1-5H3;3-5H,1H2,2H3;1-2H3/b22-7+;5-4-;. The van der Waals surface area contributed by atoms with Crippen molar-refractivity contribution in [1.82, 2.24) is 9.29 Å². The molecule has 0 radical (unpaired) electrons. The van der Waals surface area contributed by atoms with Crippen LogP contribution in [0.25, 0.3) is 5.57 Å². The second-order valence-electron chi connectivity index (χ2n) is 10.7. The maximum Gasteiger partial charge on any atom is 0.305 e. The number of ether oxygens (including phenoxy) is 3. The fourth-order valence-electron chi connectivity index (χ4n) is 4.70. The number of unbranched alkanes of at least 4 members (excludes halogenated alkanes) is 1. The van der Waals surface area contributed by atoms with Crippen molar-refractivity contribution in [3.8, 4) is 11.5 Å². The second-order valence-corrected chi connectivity index (χ2v) is 11.8. The Morgan fingerprint density at radius 1 is 1.04 bits per heavy atom. The van der Waals surface area contributed by atoms with Gasteiger partial charge in [-0.2, -0.15) is 0 Å². The van der Waals surface area contributed by atoms with Gasteiger partial charge in [-0.15, -0.1) is 0 Å². The summed E-state index contributed by atoms with van der Waals surface area (Å²) in [6.07, 6.45) is 11.4. The van der Waals surface area contributed by atoms with E-state index in [2.05, 4.69) is 41.0 Å². The zero-order valence-electron chi connectivity index (χ0n) is 29.7. The topological polar surface area (TPSA) is 74.0 Å². The monoisotopic (exact) mass is 662 g/mol. The average Bonchev–Trinajstić information content (AvgIpc) is 3.69. The predicted molar refractivity (Wildman–Crippen MR) is 195 cm³/mol. The van der Waals surface area contributed by atoms with Crippen molar-refractivity contribution in [2.45, 2.75) is 98.6 Å². The Morgan fingerprint density at radius 2 is 1.77 bits per heavy atom. The van der Waals surface area contributed by atoms with Gasteiger partial charge in [0, 0.05) is 42.0 Å². The molecular formula is C39H54N2O5S. The number of oxazole rings is 1. The summed E-state index contributed by atoms with van der Waals surface area (Å²) in [5, 5.41) is 0. The minimum atomic E-state index is -0.199. The summed E-state index contributed by atoms with van der Waals surface area (Å²) < 4.78 is 25.2. The van der Waals surface area contributed by atoms with Crippen LogP contribution in [-0.4, -0.2) is 35.6 Å². The number of allylic oxidation sites excluding steroid dienone is 5. The number of carbonyl (C=O) groups excluding carboxylic acids is 1. The van der Waals surface area contributed by atoms with Gasteiger partial charge in [0.15, 0.2) is 0 Å². The van der Waals surface area contributed by atoms with Gasteiger partial charge in [-0.1, -0.05) is 64.1 Å². The van der Waals surface area contributed by atoms with Crippen molar-refractivity contribution in [3.63, 3.8) is 0 Å². The van der Waals surface area contributed by atoms with E-state index in [4.69, 9.17) is 18.6 Å². The fraction of sp³-hybridized carbons (Fsp3) is 0.436. The normalized spacial score (nSPS) is 12.5. The van der Waals surface area contributed by atoms with Crippen LogP contribution in [-0.2, 0) is 35.5 Å². The quantitative estimate of drug-likeness (QED) is 0.0689. The molecule has 0 atom stereocenters. The van der Waals surface area contributed by atoms with Crippen LogP contribution in [0.15, 0.2) is 76.6 Å². The van der Waals surface area contributed by atoms with Crippen LogP contribution in [0, 0.1) is 6.92 Å². The van der Waals surface area contributed by atoms with Crippen LogP contribution in [0.5, 0.6) is 11.5 Å².